The summed E-state index contributed by atoms with van der Waals surface area (Å²) in [7, 11) is 0. The van der Waals surface area contributed by atoms with Crippen molar-refractivity contribution in [2.24, 2.45) is 0 Å². The standard InChI is InChI=1S/C10H5Cl2NO2/c11-4-1-2-5(6(12)3-4)7-8(13)10(15)9(7)14/h1-3H,13H2. The van der Waals surface area contributed by atoms with Gasteiger partial charge in [0.05, 0.1) is 16.3 Å². The summed E-state index contributed by atoms with van der Waals surface area (Å²) in [5.74, 6) is 0. The maximum atomic E-state index is 11.2. The summed E-state index contributed by atoms with van der Waals surface area (Å²) in [5, 5.41) is 0.766. The molecule has 0 bridgehead atoms. The van der Waals surface area contributed by atoms with E-state index in [2.05, 4.69) is 0 Å². The summed E-state index contributed by atoms with van der Waals surface area (Å²) in [6, 6.07) is 4.64. The molecule has 5 heteroatoms. The summed E-state index contributed by atoms with van der Waals surface area (Å²) in [4.78, 5) is 22.2. The molecule has 0 aliphatic rings. The second-order valence-electron chi connectivity index (χ2n) is 3.07. The van der Waals surface area contributed by atoms with Crippen LogP contribution in [0.15, 0.2) is 27.8 Å². The fourth-order valence-corrected chi connectivity index (χ4v) is 1.87. The van der Waals surface area contributed by atoms with Crippen molar-refractivity contribution in [2.75, 3.05) is 5.73 Å². The summed E-state index contributed by atoms with van der Waals surface area (Å²) < 4.78 is 0. The molecule has 0 radical (unpaired) electrons. The molecule has 0 spiro atoms. The number of halogens is 2. The van der Waals surface area contributed by atoms with E-state index in [1.165, 1.54) is 6.07 Å². The normalized spacial score (nSPS) is 10.8. The van der Waals surface area contributed by atoms with Crippen LogP contribution in [0.4, 0.5) is 5.69 Å². The Morgan fingerprint density at radius 3 is 2.27 bits per heavy atom. The Morgan fingerprint density at radius 2 is 1.73 bits per heavy atom. The van der Waals surface area contributed by atoms with Crippen molar-refractivity contribution in [3.8, 4) is 11.1 Å². The van der Waals surface area contributed by atoms with Gasteiger partial charge in [0.2, 0.25) is 10.9 Å². The van der Waals surface area contributed by atoms with Gasteiger partial charge in [-0.15, -0.1) is 0 Å². The minimum atomic E-state index is -0.656. The maximum Gasteiger partial charge on any atom is 0.249 e. The van der Waals surface area contributed by atoms with Gasteiger partial charge in [0.15, 0.2) is 0 Å². The molecule has 3 nitrogen and oxygen atoms in total. The average Bonchev–Trinajstić information content (AvgIpc) is 2.21. The van der Waals surface area contributed by atoms with Crippen LogP contribution in [0.3, 0.4) is 0 Å². The van der Waals surface area contributed by atoms with Crippen molar-refractivity contribution < 1.29 is 0 Å². The Hall–Kier alpha value is -1.32. The van der Waals surface area contributed by atoms with Crippen molar-refractivity contribution in [3.05, 3.63) is 48.7 Å². The molecule has 0 saturated heterocycles. The zero-order valence-electron chi connectivity index (χ0n) is 7.38. The second kappa shape index (κ2) is 3.36. The van der Waals surface area contributed by atoms with Crippen LogP contribution in [0.25, 0.3) is 11.1 Å². The van der Waals surface area contributed by atoms with Gasteiger partial charge in [-0.2, -0.15) is 0 Å². The van der Waals surface area contributed by atoms with Crippen LogP contribution in [0, 0.1) is 0 Å². The van der Waals surface area contributed by atoms with E-state index in [9.17, 15) is 9.59 Å². The molecular weight excluding hydrogens is 237 g/mol. The molecule has 0 amide bonds. The van der Waals surface area contributed by atoms with Crippen LogP contribution in [-0.2, 0) is 0 Å². The quantitative estimate of drug-likeness (QED) is 0.776. The van der Waals surface area contributed by atoms with Crippen LogP contribution >= 0.6 is 23.2 Å². The lowest BCUT2D eigenvalue weighted by atomic mass is 9.99. The van der Waals surface area contributed by atoms with E-state index in [0.717, 1.165) is 0 Å². The molecule has 0 heterocycles. The molecule has 76 valence electrons. The Kier molecular flexibility index (Phi) is 2.29. The predicted octanol–water partition coefficient (Wildman–Crippen LogP) is 1.84. The molecule has 2 rings (SSSR count). The molecular formula is C10H5Cl2NO2. The summed E-state index contributed by atoms with van der Waals surface area (Å²) in [5.41, 5.74) is 4.75. The van der Waals surface area contributed by atoms with Gasteiger partial charge < -0.3 is 5.73 Å². The highest BCUT2D eigenvalue weighted by Crippen LogP contribution is 2.31. The summed E-state index contributed by atoms with van der Waals surface area (Å²) >= 11 is 11.6. The highest BCUT2D eigenvalue weighted by molar-refractivity contribution is 6.36. The molecule has 2 aromatic carbocycles. The molecule has 0 atom stereocenters. The number of anilines is 1. The van der Waals surface area contributed by atoms with Crippen molar-refractivity contribution in [1.29, 1.82) is 0 Å². The van der Waals surface area contributed by atoms with E-state index in [1.54, 1.807) is 12.1 Å². The smallest absolute Gasteiger partial charge is 0.249 e. The highest BCUT2D eigenvalue weighted by Gasteiger charge is 2.21. The molecule has 0 fully saturated rings. The van der Waals surface area contributed by atoms with Crippen LogP contribution in [0.5, 0.6) is 0 Å². The van der Waals surface area contributed by atoms with Crippen LogP contribution in [-0.4, -0.2) is 0 Å². The zero-order chi connectivity index (χ0) is 11.2. The first-order valence-electron chi connectivity index (χ1n) is 4.06. The van der Waals surface area contributed by atoms with Crippen molar-refractivity contribution in [3.63, 3.8) is 0 Å². The first-order valence-corrected chi connectivity index (χ1v) is 4.82. The number of hydrogen-bond donors (Lipinski definition) is 1. The fraction of sp³-hybridized carbons (Fsp3) is 0. The zero-order valence-corrected chi connectivity index (χ0v) is 8.89. The summed E-state index contributed by atoms with van der Waals surface area (Å²) in [6.45, 7) is 0. The van der Waals surface area contributed by atoms with Crippen molar-refractivity contribution in [2.45, 2.75) is 0 Å². The van der Waals surface area contributed by atoms with E-state index in [4.69, 9.17) is 28.9 Å². The number of nitrogen functional groups attached to an aromatic ring is 1. The second-order valence-corrected chi connectivity index (χ2v) is 3.91. The third-order valence-corrected chi connectivity index (χ3v) is 2.70. The average molecular weight is 242 g/mol. The molecule has 0 saturated carbocycles. The number of hydrogen-bond acceptors (Lipinski definition) is 3. The number of nitrogens with two attached hydrogens (primary N) is 1. The third kappa shape index (κ3) is 1.44. The SMILES string of the molecule is Nc1c(-c2ccc(Cl)cc2Cl)c(=O)c1=O. The van der Waals surface area contributed by atoms with Crippen LogP contribution < -0.4 is 16.6 Å². The monoisotopic (exact) mass is 241 g/mol. The van der Waals surface area contributed by atoms with Gasteiger partial charge in [0, 0.05) is 10.6 Å². The first-order chi connectivity index (χ1) is 7.02. The van der Waals surface area contributed by atoms with Gasteiger partial charge in [-0.25, -0.2) is 0 Å². The Labute approximate surface area is 94.7 Å². The largest absolute Gasteiger partial charge is 0.395 e. The van der Waals surface area contributed by atoms with E-state index in [1.807, 2.05) is 0 Å². The Balaban J connectivity index is 2.67. The first kappa shape index (κ1) is 10.2. The third-order valence-electron chi connectivity index (χ3n) is 2.15. The molecule has 0 unspecified atom stereocenters. The van der Waals surface area contributed by atoms with Gasteiger partial charge >= 0.3 is 0 Å². The van der Waals surface area contributed by atoms with Gasteiger partial charge in [-0.1, -0.05) is 29.3 Å². The van der Waals surface area contributed by atoms with Crippen LogP contribution in [0.2, 0.25) is 10.0 Å². The van der Waals surface area contributed by atoms with Gasteiger partial charge in [0.1, 0.15) is 0 Å². The lowest BCUT2D eigenvalue weighted by molar-refractivity contribution is 1.41. The molecule has 0 aromatic heterocycles. The maximum absolute atomic E-state index is 11.2. The van der Waals surface area contributed by atoms with Crippen molar-refractivity contribution >= 4 is 28.9 Å². The molecule has 15 heavy (non-hydrogen) atoms. The van der Waals surface area contributed by atoms with Crippen LogP contribution in [0.1, 0.15) is 0 Å². The van der Waals surface area contributed by atoms with E-state index in [-0.39, 0.29) is 11.3 Å². The minimum Gasteiger partial charge on any atom is -0.395 e. The lowest BCUT2D eigenvalue weighted by Crippen LogP contribution is -2.35. The number of rotatable bonds is 1. The highest BCUT2D eigenvalue weighted by atomic mass is 35.5. The topological polar surface area (TPSA) is 60.2 Å². The van der Waals surface area contributed by atoms with E-state index in [0.29, 0.717) is 15.6 Å². The Morgan fingerprint density at radius 1 is 1.07 bits per heavy atom. The van der Waals surface area contributed by atoms with Crippen molar-refractivity contribution in [1.82, 2.24) is 0 Å². The number of benzene rings is 1. The Bertz CT molecular complexity index is 612. The molecule has 0 aliphatic carbocycles. The van der Waals surface area contributed by atoms with E-state index >= 15 is 0 Å². The van der Waals surface area contributed by atoms with Gasteiger partial charge in [-0.05, 0) is 12.1 Å². The van der Waals surface area contributed by atoms with E-state index < -0.39 is 10.9 Å². The lowest BCUT2D eigenvalue weighted by Gasteiger charge is -2.08. The van der Waals surface area contributed by atoms with Gasteiger partial charge in [-0.3, -0.25) is 9.59 Å². The molecule has 2 N–H and O–H groups in total. The minimum absolute atomic E-state index is 0.0378. The predicted molar refractivity (Wildman–Crippen MR) is 61.2 cm³/mol. The fourth-order valence-electron chi connectivity index (χ4n) is 1.37. The van der Waals surface area contributed by atoms with Gasteiger partial charge in [0.25, 0.3) is 0 Å². The molecule has 2 aromatic rings. The molecule has 0 aliphatic heterocycles. The summed E-state index contributed by atoms with van der Waals surface area (Å²) in [6.07, 6.45) is 0.